The zero-order chi connectivity index (χ0) is 30.5. The van der Waals surface area contributed by atoms with E-state index in [-0.39, 0.29) is 18.2 Å². The second kappa shape index (κ2) is 13.1. The summed E-state index contributed by atoms with van der Waals surface area (Å²) >= 11 is 1.55. The van der Waals surface area contributed by atoms with E-state index >= 15 is 0 Å². The van der Waals surface area contributed by atoms with Crippen molar-refractivity contribution in [3.05, 3.63) is 52.5 Å². The number of hydrogen-bond acceptors (Lipinski definition) is 8. The number of aryl methyl sites for hydroxylation is 1. The topological polar surface area (TPSA) is 84.0 Å². The van der Waals surface area contributed by atoms with Crippen molar-refractivity contribution in [2.24, 2.45) is 5.41 Å². The summed E-state index contributed by atoms with van der Waals surface area (Å²) in [6, 6.07) is 11.9. The Balaban J connectivity index is 1.42. The lowest BCUT2D eigenvalue weighted by Crippen LogP contribution is -2.37. The van der Waals surface area contributed by atoms with E-state index in [1.807, 2.05) is 45.0 Å². The Morgan fingerprint density at radius 2 is 1.69 bits per heavy atom. The summed E-state index contributed by atoms with van der Waals surface area (Å²) in [5.74, 6) is 1.01. The number of likely N-dealkylation sites (N-methyl/N-ethyl adjacent to an activating group) is 1. The quantitative estimate of drug-likeness (QED) is 0.139. The number of benzene rings is 2. The summed E-state index contributed by atoms with van der Waals surface area (Å²) in [7, 11) is 8.02. The SMILES string of the molecule is COc1cc2sc(CCC(=O)C3(CC(=O)OC(C)(C)C)Cc4ccccc4C3)nc2cc1OCCOCC[N+](C)(C)C. The van der Waals surface area contributed by atoms with Crippen molar-refractivity contribution in [2.45, 2.75) is 58.5 Å². The molecule has 1 heterocycles. The van der Waals surface area contributed by atoms with Gasteiger partial charge in [-0.05, 0) is 44.7 Å². The number of aromatic nitrogens is 1. The maximum absolute atomic E-state index is 13.8. The number of hydrogen-bond donors (Lipinski definition) is 0. The maximum Gasteiger partial charge on any atom is 0.307 e. The number of ketones is 1. The molecule has 8 nitrogen and oxygen atoms in total. The van der Waals surface area contributed by atoms with Crippen LogP contribution < -0.4 is 9.47 Å². The molecule has 228 valence electrons. The number of nitrogens with zero attached hydrogens (tertiary/aromatic N) is 2. The molecule has 0 fully saturated rings. The highest BCUT2D eigenvalue weighted by molar-refractivity contribution is 7.18. The van der Waals surface area contributed by atoms with Gasteiger partial charge in [-0.15, -0.1) is 11.3 Å². The average Bonchev–Trinajstić information content (AvgIpc) is 3.47. The number of fused-ring (bicyclic) bond motifs is 2. The van der Waals surface area contributed by atoms with Gasteiger partial charge in [-0.3, -0.25) is 9.59 Å². The first-order valence-electron chi connectivity index (χ1n) is 14.6. The molecule has 2 aromatic carbocycles. The summed E-state index contributed by atoms with van der Waals surface area (Å²) in [4.78, 5) is 31.6. The molecule has 0 amide bonds. The molecule has 1 aliphatic carbocycles. The predicted molar refractivity (Wildman–Crippen MR) is 165 cm³/mol. The van der Waals surface area contributed by atoms with E-state index in [4.69, 9.17) is 23.9 Å². The number of thiazole rings is 1. The minimum absolute atomic E-state index is 0.0779. The van der Waals surface area contributed by atoms with Crippen LogP contribution >= 0.6 is 11.3 Å². The number of carbonyl (C=O) groups is 2. The number of Topliss-reactive ketones (excluding diaryl/α,β-unsaturated/α-hetero) is 1. The number of methoxy groups -OCH3 is 1. The van der Waals surface area contributed by atoms with Crippen LogP contribution in [0.1, 0.15) is 49.7 Å². The molecule has 0 spiro atoms. The second-order valence-electron chi connectivity index (χ2n) is 13.1. The third kappa shape index (κ3) is 8.52. The molecule has 42 heavy (non-hydrogen) atoms. The smallest absolute Gasteiger partial charge is 0.307 e. The molecule has 1 aliphatic rings. The van der Waals surface area contributed by atoms with E-state index in [1.54, 1.807) is 18.4 Å². The van der Waals surface area contributed by atoms with Gasteiger partial charge >= 0.3 is 5.97 Å². The number of carbonyl (C=O) groups excluding carboxylic acids is 2. The highest BCUT2D eigenvalue weighted by Crippen LogP contribution is 2.42. The van der Waals surface area contributed by atoms with Crippen LogP contribution in [-0.4, -0.2) is 81.4 Å². The van der Waals surface area contributed by atoms with Crippen molar-refractivity contribution in [3.63, 3.8) is 0 Å². The normalized spacial score (nSPS) is 14.5. The number of quaternary nitrogens is 1. The van der Waals surface area contributed by atoms with Crippen LogP contribution in [0.15, 0.2) is 36.4 Å². The Labute approximate surface area is 253 Å². The van der Waals surface area contributed by atoms with Gasteiger partial charge in [0.15, 0.2) is 11.5 Å². The molecule has 9 heteroatoms. The van der Waals surface area contributed by atoms with E-state index in [1.165, 1.54) is 0 Å². The molecule has 1 aromatic heterocycles. The van der Waals surface area contributed by atoms with Gasteiger partial charge in [-0.1, -0.05) is 24.3 Å². The van der Waals surface area contributed by atoms with Gasteiger partial charge in [-0.2, -0.15) is 0 Å². The Morgan fingerprint density at radius 3 is 2.31 bits per heavy atom. The van der Waals surface area contributed by atoms with Crippen LogP contribution in [0.4, 0.5) is 0 Å². The largest absolute Gasteiger partial charge is 0.493 e. The maximum atomic E-state index is 13.8. The first kappa shape index (κ1) is 31.9. The van der Waals surface area contributed by atoms with Crippen molar-refractivity contribution in [3.8, 4) is 11.5 Å². The first-order valence-corrected chi connectivity index (χ1v) is 15.4. The molecule has 0 radical (unpaired) electrons. The third-order valence-electron chi connectivity index (χ3n) is 7.35. The van der Waals surface area contributed by atoms with Crippen molar-refractivity contribution in [1.82, 2.24) is 4.98 Å². The monoisotopic (exact) mass is 597 g/mol. The van der Waals surface area contributed by atoms with E-state index in [0.29, 0.717) is 57.0 Å². The summed E-state index contributed by atoms with van der Waals surface area (Å²) in [6.07, 6.45) is 2.00. The number of ether oxygens (including phenoxy) is 4. The van der Waals surface area contributed by atoms with Crippen LogP contribution in [-0.2, 0) is 38.3 Å². The molecule has 4 rings (SSSR count). The fraction of sp³-hybridized carbons (Fsp3) is 0.545. The van der Waals surface area contributed by atoms with Gasteiger partial charge in [0, 0.05) is 30.4 Å². The van der Waals surface area contributed by atoms with Crippen LogP contribution in [0.2, 0.25) is 0 Å². The molecule has 0 saturated heterocycles. The summed E-state index contributed by atoms with van der Waals surface area (Å²) < 4.78 is 24.7. The van der Waals surface area contributed by atoms with Crippen LogP contribution in [0.25, 0.3) is 10.2 Å². The van der Waals surface area contributed by atoms with Gasteiger partial charge in [-0.25, -0.2) is 4.98 Å². The van der Waals surface area contributed by atoms with Gasteiger partial charge in [0.05, 0.1) is 63.1 Å². The van der Waals surface area contributed by atoms with Crippen molar-refractivity contribution in [2.75, 3.05) is 54.6 Å². The lowest BCUT2D eigenvalue weighted by Gasteiger charge is -2.28. The molecule has 0 bridgehead atoms. The molecule has 0 aliphatic heterocycles. The second-order valence-corrected chi connectivity index (χ2v) is 14.3. The van der Waals surface area contributed by atoms with E-state index in [9.17, 15) is 9.59 Å². The molecule has 0 atom stereocenters. The van der Waals surface area contributed by atoms with Gasteiger partial charge in [0.1, 0.15) is 24.5 Å². The molecule has 3 aromatic rings. The summed E-state index contributed by atoms with van der Waals surface area (Å²) in [5, 5.41) is 0.865. The Kier molecular flexibility index (Phi) is 9.96. The zero-order valence-electron chi connectivity index (χ0n) is 26.1. The Bertz CT molecular complexity index is 1380. The van der Waals surface area contributed by atoms with Gasteiger partial charge in [0.25, 0.3) is 0 Å². The standard InChI is InChI=1S/C33H45N2O6S/c1-32(2,3)41-31(37)22-33(20-23-10-8-9-11-24(23)21-33)29(36)12-13-30-34-25-18-27(26(38-7)19-28(25)42-30)40-17-16-39-15-14-35(4,5)6/h8-11,18-19H,12-17,20-22H2,1-7H3/q+1. The first-order chi connectivity index (χ1) is 19.8. The lowest BCUT2D eigenvalue weighted by molar-refractivity contribution is -0.870. The van der Waals surface area contributed by atoms with Crippen molar-refractivity contribution >= 4 is 33.3 Å². The van der Waals surface area contributed by atoms with Crippen LogP contribution in [0, 0.1) is 5.41 Å². The number of esters is 1. The highest BCUT2D eigenvalue weighted by atomic mass is 32.1. The Morgan fingerprint density at radius 1 is 1.00 bits per heavy atom. The van der Waals surface area contributed by atoms with E-state index < -0.39 is 11.0 Å². The van der Waals surface area contributed by atoms with E-state index in [0.717, 1.165) is 37.4 Å². The fourth-order valence-corrected chi connectivity index (χ4v) is 6.25. The summed E-state index contributed by atoms with van der Waals surface area (Å²) in [5.41, 5.74) is 1.68. The molecule has 0 N–H and O–H groups in total. The minimum Gasteiger partial charge on any atom is -0.493 e. The molecular weight excluding hydrogens is 552 g/mol. The van der Waals surface area contributed by atoms with Gasteiger partial charge in [0.2, 0.25) is 0 Å². The minimum atomic E-state index is -0.791. The molecule has 0 unspecified atom stereocenters. The lowest BCUT2D eigenvalue weighted by atomic mass is 9.76. The third-order valence-corrected chi connectivity index (χ3v) is 8.42. The van der Waals surface area contributed by atoms with Crippen LogP contribution in [0.3, 0.4) is 0 Å². The molecule has 0 saturated carbocycles. The average molecular weight is 598 g/mol. The highest BCUT2D eigenvalue weighted by Gasteiger charge is 2.45. The van der Waals surface area contributed by atoms with Gasteiger partial charge < -0.3 is 23.4 Å². The van der Waals surface area contributed by atoms with Crippen molar-refractivity contribution in [1.29, 1.82) is 0 Å². The Hall–Kier alpha value is -3.01. The van der Waals surface area contributed by atoms with Crippen molar-refractivity contribution < 1.29 is 33.0 Å². The van der Waals surface area contributed by atoms with E-state index in [2.05, 4.69) is 33.3 Å². The molecular formula is C33H45N2O6S+. The fourth-order valence-electron chi connectivity index (χ4n) is 5.27. The number of rotatable bonds is 14. The predicted octanol–water partition coefficient (Wildman–Crippen LogP) is 5.43. The zero-order valence-corrected chi connectivity index (χ0v) is 26.9. The summed E-state index contributed by atoms with van der Waals surface area (Å²) in [6.45, 7) is 8.04. The van der Waals surface area contributed by atoms with Crippen LogP contribution in [0.5, 0.6) is 11.5 Å².